The normalized spacial score (nSPS) is 11.3. The van der Waals surface area contributed by atoms with Crippen molar-refractivity contribution in [2.75, 3.05) is 5.75 Å². The van der Waals surface area contributed by atoms with E-state index in [1.165, 1.54) is 11.8 Å². The van der Waals surface area contributed by atoms with Gasteiger partial charge in [0, 0.05) is 11.4 Å². The summed E-state index contributed by atoms with van der Waals surface area (Å²) >= 11 is 1.53. The molecule has 1 amide bonds. The summed E-state index contributed by atoms with van der Waals surface area (Å²) in [5.41, 5.74) is 0.692. The van der Waals surface area contributed by atoms with Crippen LogP contribution in [-0.2, 0) is 11.3 Å². The van der Waals surface area contributed by atoms with Crippen molar-refractivity contribution in [3.05, 3.63) is 29.8 Å². The molecule has 0 radical (unpaired) electrons. The van der Waals surface area contributed by atoms with Crippen molar-refractivity contribution in [2.45, 2.75) is 24.5 Å². The lowest BCUT2D eigenvalue weighted by Crippen LogP contribution is -2.36. The molecule has 17 heavy (non-hydrogen) atoms. The molecule has 1 aromatic carbocycles. The summed E-state index contributed by atoms with van der Waals surface area (Å²) in [4.78, 5) is 11.6. The molecule has 0 unspecified atom stereocenters. The van der Waals surface area contributed by atoms with E-state index in [0.717, 1.165) is 10.6 Å². The molecule has 0 bridgehead atoms. The van der Waals surface area contributed by atoms with Crippen LogP contribution in [0.5, 0.6) is 0 Å². The van der Waals surface area contributed by atoms with Gasteiger partial charge in [-0.1, -0.05) is 25.1 Å². The third-order valence-corrected chi connectivity index (χ3v) is 2.97. The molecule has 0 spiro atoms. The number of amides is 1. The van der Waals surface area contributed by atoms with Crippen LogP contribution in [0.15, 0.2) is 29.2 Å². The molecule has 0 fully saturated rings. The van der Waals surface area contributed by atoms with E-state index in [2.05, 4.69) is 0 Å². The van der Waals surface area contributed by atoms with E-state index >= 15 is 0 Å². The Labute approximate surface area is 102 Å². The second-order valence-corrected chi connectivity index (χ2v) is 4.53. The van der Waals surface area contributed by atoms with Crippen LogP contribution in [0.3, 0.4) is 0 Å². The van der Waals surface area contributed by atoms with Crippen molar-refractivity contribution in [1.82, 2.24) is 5.32 Å². The van der Waals surface area contributed by atoms with E-state index in [9.17, 15) is 18.0 Å². The molecule has 0 heterocycles. The van der Waals surface area contributed by atoms with E-state index in [1.54, 1.807) is 12.1 Å². The number of carbonyl (C=O) groups is 1. The van der Waals surface area contributed by atoms with Crippen molar-refractivity contribution in [3.63, 3.8) is 0 Å². The number of hydrogen-bond acceptors (Lipinski definition) is 2. The van der Waals surface area contributed by atoms with E-state index in [4.69, 9.17) is 0 Å². The molecular weight excluding hydrogens is 251 g/mol. The Bertz CT molecular complexity index is 393. The van der Waals surface area contributed by atoms with Gasteiger partial charge in [0.25, 0.3) is 0 Å². The highest BCUT2D eigenvalue weighted by Gasteiger charge is 2.38. The van der Waals surface area contributed by atoms with Gasteiger partial charge in [0.2, 0.25) is 0 Å². The summed E-state index contributed by atoms with van der Waals surface area (Å²) in [7, 11) is 0. The molecule has 1 N–H and O–H groups in total. The van der Waals surface area contributed by atoms with E-state index in [1.807, 2.05) is 24.4 Å². The molecule has 2 nitrogen and oxygen atoms in total. The first kappa shape index (κ1) is 13.9. The third-order valence-electron chi connectivity index (χ3n) is 1.97. The van der Waals surface area contributed by atoms with Crippen LogP contribution in [0.25, 0.3) is 0 Å². The third kappa shape index (κ3) is 4.30. The van der Waals surface area contributed by atoms with Crippen LogP contribution in [-0.4, -0.2) is 17.8 Å². The van der Waals surface area contributed by atoms with Crippen LogP contribution in [0.4, 0.5) is 13.2 Å². The number of halogens is 3. The Morgan fingerprint density at radius 3 is 2.59 bits per heavy atom. The maximum absolute atomic E-state index is 12.0. The summed E-state index contributed by atoms with van der Waals surface area (Å²) < 4.78 is 35.9. The lowest BCUT2D eigenvalue weighted by atomic mass is 10.2. The molecule has 1 aromatic rings. The zero-order valence-electron chi connectivity index (χ0n) is 9.17. The van der Waals surface area contributed by atoms with Crippen molar-refractivity contribution in [1.29, 1.82) is 0 Å². The number of hydrogen-bond donors (Lipinski definition) is 1. The van der Waals surface area contributed by atoms with Crippen molar-refractivity contribution >= 4 is 17.7 Å². The van der Waals surface area contributed by atoms with Crippen molar-refractivity contribution < 1.29 is 18.0 Å². The van der Waals surface area contributed by atoms with Crippen molar-refractivity contribution in [2.24, 2.45) is 0 Å². The van der Waals surface area contributed by atoms with Gasteiger partial charge in [-0.3, -0.25) is 4.79 Å². The fraction of sp³-hybridized carbons (Fsp3) is 0.364. The molecule has 0 aliphatic heterocycles. The standard InChI is InChI=1S/C11H12F3NOS/c1-2-17-9-6-4-3-5-8(9)7-15-10(16)11(12,13)14/h3-6H,2,7H2,1H3,(H,15,16). The first-order chi connectivity index (χ1) is 7.95. The Morgan fingerprint density at radius 2 is 2.00 bits per heavy atom. The number of rotatable bonds is 4. The maximum atomic E-state index is 12.0. The molecule has 0 saturated carbocycles. The second-order valence-electron chi connectivity index (χ2n) is 3.22. The molecule has 6 heteroatoms. The molecule has 0 saturated heterocycles. The molecular formula is C11H12F3NOS. The number of alkyl halides is 3. The lowest BCUT2D eigenvalue weighted by molar-refractivity contribution is -0.173. The summed E-state index contributed by atoms with van der Waals surface area (Å²) in [6.07, 6.45) is -4.83. The Kier molecular flexibility index (Phi) is 4.86. The van der Waals surface area contributed by atoms with Gasteiger partial charge in [-0.25, -0.2) is 0 Å². The molecule has 0 aromatic heterocycles. The first-order valence-corrected chi connectivity index (χ1v) is 5.99. The monoisotopic (exact) mass is 263 g/mol. The SMILES string of the molecule is CCSc1ccccc1CNC(=O)C(F)(F)F. The van der Waals surface area contributed by atoms with Gasteiger partial charge in [0.1, 0.15) is 0 Å². The second kappa shape index (κ2) is 5.95. The highest BCUT2D eigenvalue weighted by Crippen LogP contribution is 2.22. The summed E-state index contributed by atoms with van der Waals surface area (Å²) in [5.74, 6) is -1.08. The van der Waals surface area contributed by atoms with Gasteiger partial charge in [0.05, 0.1) is 0 Å². The van der Waals surface area contributed by atoms with Crippen LogP contribution in [0.1, 0.15) is 12.5 Å². The number of benzene rings is 1. The van der Waals surface area contributed by atoms with E-state index < -0.39 is 12.1 Å². The minimum atomic E-state index is -4.83. The van der Waals surface area contributed by atoms with Crippen molar-refractivity contribution in [3.8, 4) is 0 Å². The average Bonchev–Trinajstić information content (AvgIpc) is 2.26. The molecule has 94 valence electrons. The van der Waals surface area contributed by atoms with Gasteiger partial charge >= 0.3 is 12.1 Å². The summed E-state index contributed by atoms with van der Waals surface area (Å²) in [6, 6.07) is 7.07. The quantitative estimate of drug-likeness (QED) is 0.846. The van der Waals surface area contributed by atoms with Gasteiger partial charge < -0.3 is 5.32 Å². The molecule has 0 aliphatic rings. The maximum Gasteiger partial charge on any atom is 0.471 e. The smallest absolute Gasteiger partial charge is 0.344 e. The number of nitrogens with one attached hydrogen (secondary N) is 1. The number of thioether (sulfide) groups is 1. The van der Waals surface area contributed by atoms with E-state index in [-0.39, 0.29) is 6.54 Å². The van der Waals surface area contributed by atoms with E-state index in [0.29, 0.717) is 5.56 Å². The Morgan fingerprint density at radius 1 is 1.35 bits per heavy atom. The van der Waals surface area contributed by atoms with Gasteiger partial charge in [0.15, 0.2) is 0 Å². The largest absolute Gasteiger partial charge is 0.471 e. The summed E-state index contributed by atoms with van der Waals surface area (Å²) in [6.45, 7) is 1.84. The average molecular weight is 263 g/mol. The topological polar surface area (TPSA) is 29.1 Å². The van der Waals surface area contributed by atoms with Crippen LogP contribution >= 0.6 is 11.8 Å². The number of carbonyl (C=O) groups excluding carboxylic acids is 1. The predicted molar refractivity (Wildman–Crippen MR) is 60.7 cm³/mol. The molecule has 1 rings (SSSR count). The zero-order chi connectivity index (χ0) is 12.9. The van der Waals surface area contributed by atoms with Crippen LogP contribution in [0, 0.1) is 0 Å². The van der Waals surface area contributed by atoms with Crippen LogP contribution in [0.2, 0.25) is 0 Å². The van der Waals surface area contributed by atoms with Gasteiger partial charge in [-0.05, 0) is 17.4 Å². The first-order valence-electron chi connectivity index (χ1n) is 5.01. The predicted octanol–water partition coefficient (Wildman–Crippen LogP) is 2.98. The minimum Gasteiger partial charge on any atom is -0.344 e. The minimum absolute atomic E-state index is 0.110. The lowest BCUT2D eigenvalue weighted by Gasteiger charge is -2.10. The van der Waals surface area contributed by atoms with Crippen LogP contribution < -0.4 is 5.32 Å². The molecule has 0 aliphatic carbocycles. The Hall–Kier alpha value is -1.17. The Balaban J connectivity index is 2.66. The van der Waals surface area contributed by atoms with Gasteiger partial charge in [-0.15, -0.1) is 11.8 Å². The summed E-state index contributed by atoms with van der Waals surface area (Å²) in [5, 5.41) is 1.86. The fourth-order valence-corrected chi connectivity index (χ4v) is 2.03. The zero-order valence-corrected chi connectivity index (χ0v) is 9.99. The molecule has 0 atom stereocenters. The van der Waals surface area contributed by atoms with Gasteiger partial charge in [-0.2, -0.15) is 13.2 Å². The highest BCUT2D eigenvalue weighted by atomic mass is 32.2. The fourth-order valence-electron chi connectivity index (χ4n) is 1.22. The highest BCUT2D eigenvalue weighted by molar-refractivity contribution is 7.99.